The smallest absolute Gasteiger partial charge is 0.0490 e. The van der Waals surface area contributed by atoms with Crippen molar-refractivity contribution in [2.75, 3.05) is 13.7 Å². The van der Waals surface area contributed by atoms with Gasteiger partial charge in [0.05, 0.1) is 0 Å². The molecule has 0 aromatic carbocycles. The molecule has 11 heavy (non-hydrogen) atoms. The van der Waals surface area contributed by atoms with E-state index < -0.39 is 0 Å². The topological polar surface area (TPSA) is 9.23 Å². The van der Waals surface area contributed by atoms with Gasteiger partial charge in [0.1, 0.15) is 0 Å². The Hall–Kier alpha value is -0.0400. The summed E-state index contributed by atoms with van der Waals surface area (Å²) in [4.78, 5) is 0. The lowest BCUT2D eigenvalue weighted by atomic mass is 9.81. The zero-order valence-electron chi connectivity index (χ0n) is 7.81. The monoisotopic (exact) mass is 156 g/mol. The van der Waals surface area contributed by atoms with Crippen LogP contribution in [-0.2, 0) is 4.74 Å². The largest absolute Gasteiger partial charge is 0.384 e. The first-order valence-electron chi connectivity index (χ1n) is 4.85. The van der Waals surface area contributed by atoms with Gasteiger partial charge in [0, 0.05) is 13.7 Å². The minimum Gasteiger partial charge on any atom is -0.384 e. The molecule has 1 fully saturated rings. The summed E-state index contributed by atoms with van der Waals surface area (Å²) in [7, 11) is 1.82. The zero-order valence-corrected chi connectivity index (χ0v) is 7.81. The molecule has 0 radical (unpaired) electrons. The summed E-state index contributed by atoms with van der Waals surface area (Å²) in [6.45, 7) is 3.29. The van der Waals surface area contributed by atoms with Crippen LogP contribution in [0, 0.1) is 11.8 Å². The molecule has 1 rings (SSSR count). The fraction of sp³-hybridized carbons (Fsp3) is 1.00. The van der Waals surface area contributed by atoms with Crippen molar-refractivity contribution in [1.29, 1.82) is 0 Å². The van der Waals surface area contributed by atoms with Crippen LogP contribution in [-0.4, -0.2) is 13.7 Å². The molecule has 0 heterocycles. The van der Waals surface area contributed by atoms with E-state index in [1.54, 1.807) is 0 Å². The van der Waals surface area contributed by atoms with E-state index in [0.717, 1.165) is 18.4 Å². The van der Waals surface area contributed by atoms with Crippen LogP contribution in [0.2, 0.25) is 0 Å². The minimum atomic E-state index is 0.860. The van der Waals surface area contributed by atoms with E-state index in [0.29, 0.717) is 0 Å². The maximum atomic E-state index is 5.17. The fourth-order valence-corrected chi connectivity index (χ4v) is 2.16. The van der Waals surface area contributed by atoms with Crippen molar-refractivity contribution in [3.05, 3.63) is 0 Å². The molecule has 0 aliphatic heterocycles. The van der Waals surface area contributed by atoms with E-state index in [-0.39, 0.29) is 0 Å². The van der Waals surface area contributed by atoms with E-state index in [4.69, 9.17) is 4.74 Å². The molecule has 0 amide bonds. The van der Waals surface area contributed by atoms with Gasteiger partial charge < -0.3 is 4.74 Å². The highest BCUT2D eigenvalue weighted by Crippen LogP contribution is 2.30. The molecule has 0 N–H and O–H groups in total. The van der Waals surface area contributed by atoms with Crippen LogP contribution in [0.1, 0.15) is 39.0 Å². The Balaban J connectivity index is 2.21. The molecule has 0 aromatic rings. The quantitative estimate of drug-likeness (QED) is 0.610. The van der Waals surface area contributed by atoms with Crippen molar-refractivity contribution in [2.24, 2.45) is 11.8 Å². The molecule has 0 spiro atoms. The fourth-order valence-electron chi connectivity index (χ4n) is 2.16. The Kier molecular flexibility index (Phi) is 3.92. The second-order valence-electron chi connectivity index (χ2n) is 3.76. The molecule has 0 bridgehead atoms. The third-order valence-electron chi connectivity index (χ3n) is 2.87. The van der Waals surface area contributed by atoms with Crippen LogP contribution < -0.4 is 0 Å². The van der Waals surface area contributed by atoms with Crippen molar-refractivity contribution in [3.63, 3.8) is 0 Å². The minimum absolute atomic E-state index is 0.860. The number of ether oxygens (including phenoxy) is 1. The average Bonchev–Trinajstić information content (AvgIpc) is 2.06. The standard InChI is InChI=1S/C10H20O/c1-3-9-5-4-6-10(7-9)8-11-2/h9-10H,3-8H2,1-2H3/t9-,10+/m1/s1. The first kappa shape index (κ1) is 9.05. The number of hydrogen-bond acceptors (Lipinski definition) is 1. The summed E-state index contributed by atoms with van der Waals surface area (Å²) < 4.78 is 5.17. The van der Waals surface area contributed by atoms with Gasteiger partial charge in [-0.2, -0.15) is 0 Å². The molecular formula is C10H20O. The van der Waals surface area contributed by atoms with Crippen LogP contribution in [0.25, 0.3) is 0 Å². The average molecular weight is 156 g/mol. The number of rotatable bonds is 3. The van der Waals surface area contributed by atoms with Gasteiger partial charge in [-0.3, -0.25) is 0 Å². The Labute approximate surface area is 70.1 Å². The van der Waals surface area contributed by atoms with E-state index in [9.17, 15) is 0 Å². The predicted molar refractivity (Wildman–Crippen MR) is 47.6 cm³/mol. The molecule has 1 aliphatic carbocycles. The van der Waals surface area contributed by atoms with Gasteiger partial charge in [-0.15, -0.1) is 0 Å². The van der Waals surface area contributed by atoms with Crippen LogP contribution >= 0.6 is 0 Å². The molecule has 1 heteroatoms. The van der Waals surface area contributed by atoms with Gasteiger partial charge >= 0.3 is 0 Å². The summed E-state index contributed by atoms with van der Waals surface area (Å²) in [5.41, 5.74) is 0. The van der Waals surface area contributed by atoms with Gasteiger partial charge in [0.25, 0.3) is 0 Å². The normalized spacial score (nSPS) is 32.2. The molecule has 1 nitrogen and oxygen atoms in total. The van der Waals surface area contributed by atoms with E-state index in [1.165, 1.54) is 32.1 Å². The summed E-state index contributed by atoms with van der Waals surface area (Å²) in [5.74, 6) is 1.85. The van der Waals surface area contributed by atoms with Crippen LogP contribution in [0.15, 0.2) is 0 Å². The number of hydrogen-bond donors (Lipinski definition) is 0. The van der Waals surface area contributed by atoms with Crippen molar-refractivity contribution < 1.29 is 4.74 Å². The highest BCUT2D eigenvalue weighted by molar-refractivity contribution is 4.71. The van der Waals surface area contributed by atoms with E-state index in [1.807, 2.05) is 7.11 Å². The Morgan fingerprint density at radius 2 is 2.00 bits per heavy atom. The second kappa shape index (κ2) is 4.76. The van der Waals surface area contributed by atoms with Crippen molar-refractivity contribution in [1.82, 2.24) is 0 Å². The molecule has 2 atom stereocenters. The van der Waals surface area contributed by atoms with Crippen molar-refractivity contribution >= 4 is 0 Å². The van der Waals surface area contributed by atoms with Crippen LogP contribution in [0.5, 0.6) is 0 Å². The summed E-state index contributed by atoms with van der Waals surface area (Å²) in [6.07, 6.45) is 7.04. The SMILES string of the molecule is CC[C@@H]1CCC[C@H](COC)C1. The van der Waals surface area contributed by atoms with Gasteiger partial charge in [-0.25, -0.2) is 0 Å². The molecule has 0 unspecified atom stereocenters. The third-order valence-corrected chi connectivity index (χ3v) is 2.87. The first-order valence-corrected chi connectivity index (χ1v) is 4.85. The summed E-state index contributed by atoms with van der Waals surface area (Å²) in [6, 6.07) is 0. The second-order valence-corrected chi connectivity index (χ2v) is 3.76. The Bertz CT molecular complexity index is 99.0. The molecule has 0 aromatic heterocycles. The molecule has 1 saturated carbocycles. The summed E-state index contributed by atoms with van der Waals surface area (Å²) >= 11 is 0. The molecule has 66 valence electrons. The van der Waals surface area contributed by atoms with Crippen LogP contribution in [0.4, 0.5) is 0 Å². The van der Waals surface area contributed by atoms with Gasteiger partial charge in [-0.1, -0.05) is 26.2 Å². The van der Waals surface area contributed by atoms with Crippen LogP contribution in [0.3, 0.4) is 0 Å². The zero-order chi connectivity index (χ0) is 8.10. The van der Waals surface area contributed by atoms with E-state index in [2.05, 4.69) is 6.92 Å². The maximum Gasteiger partial charge on any atom is 0.0490 e. The lowest BCUT2D eigenvalue weighted by Gasteiger charge is -2.27. The Morgan fingerprint density at radius 1 is 1.27 bits per heavy atom. The summed E-state index contributed by atoms with van der Waals surface area (Å²) in [5, 5.41) is 0. The van der Waals surface area contributed by atoms with Crippen molar-refractivity contribution in [2.45, 2.75) is 39.0 Å². The Morgan fingerprint density at radius 3 is 2.64 bits per heavy atom. The predicted octanol–water partition coefficient (Wildman–Crippen LogP) is 2.85. The van der Waals surface area contributed by atoms with Gasteiger partial charge in [-0.05, 0) is 24.7 Å². The van der Waals surface area contributed by atoms with Gasteiger partial charge in [0.2, 0.25) is 0 Å². The highest BCUT2D eigenvalue weighted by atomic mass is 16.5. The molecule has 1 aliphatic rings. The van der Waals surface area contributed by atoms with Crippen molar-refractivity contribution in [3.8, 4) is 0 Å². The number of methoxy groups -OCH3 is 1. The van der Waals surface area contributed by atoms with Gasteiger partial charge in [0.15, 0.2) is 0 Å². The highest BCUT2D eigenvalue weighted by Gasteiger charge is 2.19. The lowest BCUT2D eigenvalue weighted by Crippen LogP contribution is -2.18. The molecule has 0 saturated heterocycles. The molecular weight excluding hydrogens is 136 g/mol. The lowest BCUT2D eigenvalue weighted by molar-refractivity contribution is 0.113. The maximum absolute atomic E-state index is 5.17. The third kappa shape index (κ3) is 2.82. The first-order chi connectivity index (χ1) is 5.36. The van der Waals surface area contributed by atoms with E-state index >= 15 is 0 Å².